The molecule has 4 aliphatic rings. The Morgan fingerprint density at radius 1 is 0.911 bits per heavy atom. The van der Waals surface area contributed by atoms with Gasteiger partial charge in [-0.2, -0.15) is 26.3 Å². The van der Waals surface area contributed by atoms with Crippen molar-refractivity contribution < 1.29 is 55.4 Å². The minimum Gasteiger partial charge on any atom is -0.504 e. The Labute approximate surface area is 251 Å². The maximum Gasteiger partial charge on any atom is 0.416 e. The first-order valence-electron chi connectivity index (χ1n) is 13.8. The van der Waals surface area contributed by atoms with E-state index in [1.807, 2.05) is 0 Å². The van der Waals surface area contributed by atoms with Gasteiger partial charge in [-0.3, -0.25) is 19.2 Å². The number of halogens is 6. The molecule has 2 amide bonds. The second kappa shape index (κ2) is 10.2. The number of benzene rings is 2. The molecule has 1 heterocycles. The molecule has 3 aliphatic carbocycles. The number of amides is 2. The van der Waals surface area contributed by atoms with E-state index < -0.39 is 76.2 Å². The van der Waals surface area contributed by atoms with Crippen LogP contribution in [0.2, 0.25) is 0 Å². The molecule has 1 aliphatic heterocycles. The Kier molecular flexibility index (Phi) is 6.86. The molecule has 1 N–H and O–H groups in total. The largest absolute Gasteiger partial charge is 0.504 e. The van der Waals surface area contributed by atoms with Gasteiger partial charge in [-0.15, -0.1) is 0 Å². The van der Waals surface area contributed by atoms with Crippen LogP contribution in [-0.4, -0.2) is 35.6 Å². The van der Waals surface area contributed by atoms with E-state index in [1.165, 1.54) is 26.2 Å². The van der Waals surface area contributed by atoms with Crippen LogP contribution >= 0.6 is 0 Å². The number of hydrogen-bond acceptors (Lipinski definition) is 6. The number of Topliss-reactive ketones (excluding diaryl/α,β-unsaturated/α-hetero) is 1. The van der Waals surface area contributed by atoms with Crippen molar-refractivity contribution in [2.24, 2.45) is 17.8 Å². The summed E-state index contributed by atoms with van der Waals surface area (Å²) in [5.74, 6) is -7.63. The topological polar surface area (TPSA) is 101 Å². The third kappa shape index (κ3) is 4.67. The van der Waals surface area contributed by atoms with Crippen molar-refractivity contribution in [3.8, 4) is 11.5 Å². The number of rotatable bonds is 3. The van der Waals surface area contributed by atoms with Gasteiger partial charge < -0.3 is 9.84 Å². The highest BCUT2D eigenvalue weighted by molar-refractivity contribution is 6.25. The monoisotopic (exact) mass is 631 g/mol. The number of ketones is 2. The number of anilines is 1. The summed E-state index contributed by atoms with van der Waals surface area (Å²) in [6, 6.07) is 5.10. The summed E-state index contributed by atoms with van der Waals surface area (Å²) in [6.45, 7) is 1.46. The van der Waals surface area contributed by atoms with Crippen LogP contribution in [0.15, 0.2) is 70.8 Å². The SMILES string of the molecule is COc1cccc(C2C3=CCC4C(=O)N(c5cc(C(F)(F)F)cc(C(F)(F)F)c5)C(=O)C4C3CC3=C2C(=O)C(C)=CC3=O)c1O. The molecule has 45 heavy (non-hydrogen) atoms. The highest BCUT2D eigenvalue weighted by atomic mass is 19.4. The summed E-state index contributed by atoms with van der Waals surface area (Å²) in [5.41, 5.74) is -3.33. The number of alkyl halides is 6. The number of methoxy groups -OCH3 is 1. The molecule has 0 radical (unpaired) electrons. The number of aromatic hydroxyl groups is 1. The van der Waals surface area contributed by atoms with Gasteiger partial charge in [-0.25, -0.2) is 4.90 Å². The molecule has 0 aromatic heterocycles. The third-order valence-corrected chi connectivity index (χ3v) is 8.96. The van der Waals surface area contributed by atoms with Gasteiger partial charge in [0.25, 0.3) is 0 Å². The highest BCUT2D eigenvalue weighted by Crippen LogP contribution is 2.57. The van der Waals surface area contributed by atoms with E-state index in [4.69, 9.17) is 4.74 Å². The Balaban J connectivity index is 1.49. The first kappa shape index (κ1) is 30.4. The van der Waals surface area contributed by atoms with Gasteiger partial charge >= 0.3 is 12.4 Å². The number of ether oxygens (including phenoxy) is 1. The highest BCUT2D eigenvalue weighted by Gasteiger charge is 2.57. The number of hydrogen-bond donors (Lipinski definition) is 1. The predicted octanol–water partition coefficient (Wildman–Crippen LogP) is 6.07. The van der Waals surface area contributed by atoms with Crippen LogP contribution in [0.4, 0.5) is 32.0 Å². The Morgan fingerprint density at radius 2 is 1.56 bits per heavy atom. The number of phenolic OH excluding ortho intramolecular Hbond substituents is 1. The van der Waals surface area contributed by atoms with E-state index in [0.29, 0.717) is 22.6 Å². The van der Waals surface area contributed by atoms with Crippen LogP contribution < -0.4 is 9.64 Å². The molecule has 0 spiro atoms. The zero-order valence-corrected chi connectivity index (χ0v) is 23.5. The van der Waals surface area contributed by atoms with Gasteiger partial charge in [0.05, 0.1) is 35.8 Å². The number of para-hydroxylation sites is 1. The van der Waals surface area contributed by atoms with Gasteiger partial charge in [-0.05, 0) is 56.0 Å². The van der Waals surface area contributed by atoms with Gasteiger partial charge in [0.1, 0.15) is 0 Å². The Bertz CT molecular complexity index is 1770. The summed E-state index contributed by atoms with van der Waals surface area (Å²) < 4.78 is 86.9. The van der Waals surface area contributed by atoms with E-state index in [0.717, 1.165) is 6.08 Å². The quantitative estimate of drug-likeness (QED) is 0.191. The molecular formula is C32H23F6NO6. The number of phenols is 1. The van der Waals surface area contributed by atoms with Crippen molar-refractivity contribution in [3.05, 3.63) is 87.5 Å². The summed E-state index contributed by atoms with van der Waals surface area (Å²) >= 11 is 0. The lowest BCUT2D eigenvalue weighted by molar-refractivity contribution is -0.143. The molecular weight excluding hydrogens is 608 g/mol. The smallest absolute Gasteiger partial charge is 0.416 e. The number of allylic oxidation sites excluding steroid dienone is 6. The Morgan fingerprint density at radius 3 is 2.16 bits per heavy atom. The summed E-state index contributed by atoms with van der Waals surface area (Å²) in [4.78, 5) is 54.7. The molecule has 0 saturated carbocycles. The van der Waals surface area contributed by atoms with Gasteiger partial charge in [-0.1, -0.05) is 23.8 Å². The van der Waals surface area contributed by atoms with E-state index in [1.54, 1.807) is 12.1 Å². The van der Waals surface area contributed by atoms with Crippen LogP contribution in [0.3, 0.4) is 0 Å². The molecule has 1 saturated heterocycles. The van der Waals surface area contributed by atoms with E-state index in [9.17, 15) is 50.6 Å². The maximum absolute atomic E-state index is 14.0. The van der Waals surface area contributed by atoms with Crippen molar-refractivity contribution in [3.63, 3.8) is 0 Å². The fraction of sp³-hybridized carbons (Fsp3) is 0.312. The third-order valence-electron chi connectivity index (χ3n) is 8.96. The first-order chi connectivity index (χ1) is 21.0. The molecule has 7 nitrogen and oxygen atoms in total. The molecule has 4 atom stereocenters. The molecule has 4 unspecified atom stereocenters. The minimum atomic E-state index is -5.21. The zero-order chi connectivity index (χ0) is 32.7. The minimum absolute atomic E-state index is 0.0535. The van der Waals surface area contributed by atoms with E-state index in [2.05, 4.69) is 0 Å². The molecule has 6 rings (SSSR count). The van der Waals surface area contributed by atoms with Gasteiger partial charge in [0.15, 0.2) is 23.1 Å². The van der Waals surface area contributed by atoms with Crippen molar-refractivity contribution in [1.82, 2.24) is 0 Å². The van der Waals surface area contributed by atoms with E-state index in [-0.39, 0.29) is 52.7 Å². The van der Waals surface area contributed by atoms with Gasteiger partial charge in [0.2, 0.25) is 11.8 Å². The number of carbonyl (C=O) groups excluding carboxylic acids is 4. The number of fused-ring (bicyclic) bond motifs is 3. The molecule has 2 aromatic rings. The van der Waals surface area contributed by atoms with Crippen LogP contribution in [0, 0.1) is 17.8 Å². The van der Waals surface area contributed by atoms with Crippen molar-refractivity contribution in [2.45, 2.75) is 38.0 Å². The second-order valence-corrected chi connectivity index (χ2v) is 11.4. The molecule has 0 bridgehead atoms. The average Bonchev–Trinajstić information content (AvgIpc) is 3.23. The van der Waals surface area contributed by atoms with Gasteiger partial charge in [0, 0.05) is 28.2 Å². The van der Waals surface area contributed by atoms with E-state index >= 15 is 0 Å². The fourth-order valence-corrected chi connectivity index (χ4v) is 6.98. The molecule has 234 valence electrons. The maximum atomic E-state index is 14.0. The number of imide groups is 1. The average molecular weight is 632 g/mol. The van der Waals surface area contributed by atoms with Crippen molar-refractivity contribution >= 4 is 29.1 Å². The number of carbonyl (C=O) groups is 4. The zero-order valence-electron chi connectivity index (χ0n) is 23.5. The van der Waals surface area contributed by atoms with Crippen molar-refractivity contribution in [2.75, 3.05) is 12.0 Å². The molecule has 2 aromatic carbocycles. The fourth-order valence-electron chi connectivity index (χ4n) is 6.98. The summed E-state index contributed by atoms with van der Waals surface area (Å²) in [6.07, 6.45) is -7.97. The van der Waals surface area contributed by atoms with Crippen LogP contribution in [-0.2, 0) is 31.5 Å². The lowest BCUT2D eigenvalue weighted by atomic mass is 9.59. The second-order valence-electron chi connectivity index (χ2n) is 11.4. The van der Waals surface area contributed by atoms with Crippen LogP contribution in [0.25, 0.3) is 0 Å². The standard InChI is InChI=1S/C32H23F6NO6/c1-13-8-22(40)21-12-20-17(24(26(21)27(13)41)18-4-3-5-23(45-2)28(18)42)6-7-19-25(20)30(44)39(29(19)43)16-10-14(31(33,34)35)9-15(11-16)32(36,37)38/h3-6,8-11,19-20,24-25,42H,7,12H2,1-2H3. The Hall–Kier alpha value is -4.68. The summed E-state index contributed by atoms with van der Waals surface area (Å²) in [5, 5.41) is 11.1. The molecule has 13 heteroatoms. The first-order valence-corrected chi connectivity index (χ1v) is 13.8. The number of nitrogens with zero attached hydrogens (tertiary/aromatic N) is 1. The van der Waals surface area contributed by atoms with Crippen LogP contribution in [0.1, 0.15) is 42.4 Å². The molecule has 1 fully saturated rings. The normalized spacial score (nSPS) is 25.1. The predicted molar refractivity (Wildman–Crippen MR) is 145 cm³/mol. The van der Waals surface area contributed by atoms with Crippen LogP contribution in [0.5, 0.6) is 11.5 Å². The lowest BCUT2D eigenvalue weighted by Crippen LogP contribution is -2.40. The van der Waals surface area contributed by atoms with Crippen molar-refractivity contribution in [1.29, 1.82) is 0 Å². The summed E-state index contributed by atoms with van der Waals surface area (Å²) in [7, 11) is 1.31. The lowest BCUT2D eigenvalue weighted by Gasteiger charge is -2.42.